The van der Waals surface area contributed by atoms with Crippen LogP contribution in [0.15, 0.2) is 210 Å². The second kappa shape index (κ2) is 16.7. The van der Waals surface area contributed by atoms with E-state index in [0.29, 0.717) is 0 Å². The standard InChI is InChI=1S/C66H59N3S/c1-5-50(67-62-25-13-15-27-64(62)70(39-17-18-40-70)65-28-16-14-26-63(65)67)43-48-33-34-49-41-46(31-36-53(49)45(48)2)29-30-47-32-37-54-55-38-35-52(44-57(55)66(3,4)56(54)42-47)69-60-23-11-9-21-58(60)68(51-19-7-6-8-20-51)59-22-10-12-24-61(59)69/h6-16,19-38,41-44,58,60H,5,17-18,39-40H2,1-4H3. The summed E-state index contributed by atoms with van der Waals surface area (Å²) in [6.45, 7) is 9.41. The van der Waals surface area contributed by atoms with E-state index < -0.39 is 10.0 Å². The number of hydrogen-bond donors (Lipinski definition) is 0. The highest BCUT2D eigenvalue weighted by Crippen LogP contribution is 2.73. The Morgan fingerprint density at radius 3 is 1.79 bits per heavy atom. The molecule has 1 saturated heterocycles. The first-order valence-corrected chi connectivity index (χ1v) is 27.4. The van der Waals surface area contributed by atoms with Crippen LogP contribution in [0.5, 0.6) is 0 Å². The van der Waals surface area contributed by atoms with Gasteiger partial charge < -0.3 is 14.7 Å². The predicted octanol–water partition coefficient (Wildman–Crippen LogP) is 17.7. The molecule has 2 aliphatic carbocycles. The maximum absolute atomic E-state index is 2.59. The molecular formula is C66H59N3S. The largest absolute Gasteiger partial charge is 0.330 e. The Hall–Kier alpha value is -7.27. The second-order valence-electron chi connectivity index (χ2n) is 20.3. The summed E-state index contributed by atoms with van der Waals surface area (Å²) in [4.78, 5) is 10.8. The van der Waals surface area contributed by atoms with Crippen molar-refractivity contribution in [2.75, 3.05) is 26.2 Å². The molecule has 8 aromatic rings. The van der Waals surface area contributed by atoms with E-state index in [1.54, 1.807) is 9.79 Å². The lowest BCUT2D eigenvalue weighted by Gasteiger charge is -2.49. The van der Waals surface area contributed by atoms with Crippen LogP contribution in [0, 0.1) is 6.92 Å². The number of para-hydroxylation sites is 5. The van der Waals surface area contributed by atoms with Crippen LogP contribution in [0.2, 0.25) is 0 Å². The van der Waals surface area contributed by atoms with Gasteiger partial charge in [-0.15, -0.1) is 0 Å². The first-order chi connectivity index (χ1) is 34.3. The lowest BCUT2D eigenvalue weighted by Crippen LogP contribution is -2.52. The molecule has 1 spiro atoms. The van der Waals surface area contributed by atoms with Crippen molar-refractivity contribution in [3.63, 3.8) is 0 Å². The topological polar surface area (TPSA) is 9.72 Å². The van der Waals surface area contributed by atoms with Crippen LogP contribution in [0.25, 0.3) is 40.1 Å². The SMILES string of the molecule is CCC(=Cc1ccc2cc(C=Cc3ccc4c(c3)C(C)(C)c3cc(N5c6ccccc6N(c6ccccc6)C6C=CC=CC65)ccc3-4)ccc2c1C)N1c2ccccc2S2(CCCC2)c2ccccc21. The van der Waals surface area contributed by atoms with E-state index in [9.17, 15) is 0 Å². The maximum Gasteiger partial charge on any atom is 0.0769 e. The van der Waals surface area contributed by atoms with Crippen LogP contribution in [0.3, 0.4) is 0 Å². The van der Waals surface area contributed by atoms with Gasteiger partial charge in [0.1, 0.15) is 0 Å². The van der Waals surface area contributed by atoms with Crippen LogP contribution in [-0.2, 0) is 5.41 Å². The molecular weight excluding hydrogens is 867 g/mol. The molecule has 4 heteroatoms. The molecule has 2 atom stereocenters. The van der Waals surface area contributed by atoms with Gasteiger partial charge in [0.25, 0.3) is 0 Å². The summed E-state index contributed by atoms with van der Waals surface area (Å²) in [6, 6.07) is 64.5. The summed E-state index contributed by atoms with van der Waals surface area (Å²) < 4.78 is 0. The summed E-state index contributed by atoms with van der Waals surface area (Å²) in [5.41, 5.74) is 19.3. The summed E-state index contributed by atoms with van der Waals surface area (Å²) in [6.07, 6.45) is 19.8. The van der Waals surface area contributed by atoms with Crippen LogP contribution in [-0.4, -0.2) is 23.6 Å². The molecule has 344 valence electrons. The third kappa shape index (κ3) is 6.63. The molecule has 5 aliphatic rings. The van der Waals surface area contributed by atoms with Crippen LogP contribution in [0.1, 0.15) is 73.4 Å². The molecule has 8 aromatic carbocycles. The van der Waals surface area contributed by atoms with Gasteiger partial charge in [0.05, 0.1) is 34.8 Å². The average molecular weight is 926 g/mol. The Kier molecular flexibility index (Phi) is 10.2. The van der Waals surface area contributed by atoms with Crippen LogP contribution >= 0.6 is 10.0 Å². The van der Waals surface area contributed by atoms with Crippen molar-refractivity contribution in [3.05, 3.63) is 233 Å². The van der Waals surface area contributed by atoms with Gasteiger partial charge in [0, 0.05) is 32.3 Å². The van der Waals surface area contributed by atoms with E-state index in [1.165, 1.54) is 119 Å². The first-order valence-electron chi connectivity index (χ1n) is 25.4. The highest BCUT2D eigenvalue weighted by molar-refractivity contribution is 8.34. The van der Waals surface area contributed by atoms with Gasteiger partial charge in [-0.1, -0.05) is 160 Å². The van der Waals surface area contributed by atoms with Gasteiger partial charge >= 0.3 is 0 Å². The van der Waals surface area contributed by atoms with Crippen molar-refractivity contribution in [1.82, 2.24) is 0 Å². The Morgan fingerprint density at radius 2 is 1.13 bits per heavy atom. The average Bonchev–Trinajstić information content (AvgIpc) is 3.98. The molecule has 0 N–H and O–H groups in total. The predicted molar refractivity (Wildman–Crippen MR) is 301 cm³/mol. The lowest BCUT2D eigenvalue weighted by atomic mass is 9.81. The maximum atomic E-state index is 2.59. The Labute approximate surface area is 415 Å². The van der Waals surface area contributed by atoms with Crippen molar-refractivity contribution in [2.45, 2.75) is 74.2 Å². The molecule has 3 aliphatic heterocycles. The number of benzene rings is 8. The molecule has 0 aromatic heterocycles. The third-order valence-electron chi connectivity index (χ3n) is 16.2. The molecule has 0 bridgehead atoms. The van der Waals surface area contributed by atoms with Crippen molar-refractivity contribution >= 4 is 73.2 Å². The molecule has 2 unspecified atom stereocenters. The fourth-order valence-corrected chi connectivity index (χ4v) is 17.2. The molecule has 1 fully saturated rings. The smallest absolute Gasteiger partial charge is 0.0769 e. The molecule has 70 heavy (non-hydrogen) atoms. The quantitative estimate of drug-likeness (QED) is 0.148. The van der Waals surface area contributed by atoms with Crippen molar-refractivity contribution in [1.29, 1.82) is 0 Å². The van der Waals surface area contributed by atoms with Gasteiger partial charge in [-0.3, -0.25) is 0 Å². The number of allylic oxidation sites excluding steroid dienone is 3. The zero-order valence-corrected chi connectivity index (χ0v) is 41.5. The number of aryl methyl sites for hydroxylation is 1. The van der Waals surface area contributed by atoms with Crippen molar-refractivity contribution < 1.29 is 0 Å². The minimum absolute atomic E-state index is 0.139. The Bertz CT molecular complexity index is 3460. The van der Waals surface area contributed by atoms with E-state index in [-0.39, 0.29) is 17.5 Å². The number of anilines is 6. The van der Waals surface area contributed by atoms with Gasteiger partial charge in [-0.05, 0) is 166 Å². The van der Waals surface area contributed by atoms with Gasteiger partial charge in [-0.25, -0.2) is 0 Å². The van der Waals surface area contributed by atoms with E-state index in [2.05, 4.69) is 255 Å². The minimum atomic E-state index is -1.02. The number of nitrogens with zero attached hydrogens (tertiary/aromatic N) is 3. The number of fused-ring (bicyclic) bond motifs is 10. The van der Waals surface area contributed by atoms with E-state index in [1.807, 2.05) is 0 Å². The summed E-state index contributed by atoms with van der Waals surface area (Å²) >= 11 is 0. The minimum Gasteiger partial charge on any atom is -0.330 e. The van der Waals surface area contributed by atoms with Crippen molar-refractivity contribution in [3.8, 4) is 11.1 Å². The number of rotatable bonds is 7. The van der Waals surface area contributed by atoms with Gasteiger partial charge in [-0.2, -0.15) is 10.0 Å². The molecule has 13 rings (SSSR count). The zero-order chi connectivity index (χ0) is 47.1. The van der Waals surface area contributed by atoms with Gasteiger partial charge in [0.15, 0.2) is 0 Å². The summed E-state index contributed by atoms with van der Waals surface area (Å²) in [5.74, 6) is 2.62. The number of hydrogen-bond acceptors (Lipinski definition) is 3. The highest BCUT2D eigenvalue weighted by atomic mass is 32.3. The molecule has 3 heterocycles. The monoisotopic (exact) mass is 925 g/mol. The third-order valence-corrected chi connectivity index (χ3v) is 20.5. The molecule has 3 nitrogen and oxygen atoms in total. The fourth-order valence-electron chi connectivity index (χ4n) is 12.7. The van der Waals surface area contributed by atoms with Crippen molar-refractivity contribution in [2.24, 2.45) is 0 Å². The lowest BCUT2D eigenvalue weighted by molar-refractivity contribution is 0.634. The molecule has 0 amide bonds. The van der Waals surface area contributed by atoms with Crippen LogP contribution in [0.4, 0.5) is 34.1 Å². The van der Waals surface area contributed by atoms with Gasteiger partial charge in [0.2, 0.25) is 0 Å². The second-order valence-corrected chi connectivity index (χ2v) is 23.8. The first kappa shape index (κ1) is 42.8. The normalized spacial score (nSPS) is 19.5. The summed E-state index contributed by atoms with van der Waals surface area (Å²) in [5, 5.41) is 2.58. The van der Waals surface area contributed by atoms with E-state index in [4.69, 9.17) is 0 Å². The summed E-state index contributed by atoms with van der Waals surface area (Å²) in [7, 11) is -1.02. The van der Waals surface area contributed by atoms with E-state index in [0.717, 1.165) is 6.42 Å². The Balaban J connectivity index is 0.783. The zero-order valence-electron chi connectivity index (χ0n) is 40.6. The Morgan fingerprint density at radius 1 is 0.571 bits per heavy atom. The highest BCUT2D eigenvalue weighted by Gasteiger charge is 2.43. The molecule has 0 saturated carbocycles. The van der Waals surface area contributed by atoms with E-state index >= 15 is 0 Å². The van der Waals surface area contributed by atoms with Crippen LogP contribution < -0.4 is 14.7 Å². The molecule has 0 radical (unpaired) electrons. The fraction of sp³-hybridized carbons (Fsp3) is 0.182.